The Hall–Kier alpha value is -3.99. The maximum Gasteiger partial charge on any atom is 0.316 e. The number of nitrogens with one attached hydrogen (secondary N) is 2. The van der Waals surface area contributed by atoms with Crippen LogP contribution in [0.4, 0.5) is 9.18 Å². The first-order chi connectivity index (χ1) is 17.5. The summed E-state index contributed by atoms with van der Waals surface area (Å²) in [6.45, 7) is 3.35. The van der Waals surface area contributed by atoms with Gasteiger partial charge in [-0.3, -0.25) is 14.6 Å². The van der Waals surface area contributed by atoms with Crippen molar-refractivity contribution in [2.75, 3.05) is 27.2 Å². The van der Waals surface area contributed by atoms with Gasteiger partial charge in [0.2, 0.25) is 0 Å². The molecule has 2 aromatic heterocycles. The molecule has 1 aromatic carbocycles. The van der Waals surface area contributed by atoms with Gasteiger partial charge in [-0.1, -0.05) is 26.0 Å². The molecular weight excluding hydrogens is 481 g/mol. The second kappa shape index (κ2) is 11.8. The number of carbonyl (C=O) groups is 2. The van der Waals surface area contributed by atoms with E-state index in [4.69, 9.17) is 0 Å². The molecule has 37 heavy (non-hydrogen) atoms. The molecule has 3 rings (SSSR count). The van der Waals surface area contributed by atoms with Crippen molar-refractivity contribution in [2.45, 2.75) is 32.9 Å². The number of rotatable bonds is 9. The molecule has 11 heteroatoms. The topological polar surface area (TPSA) is 137 Å². The Morgan fingerprint density at radius 3 is 2.43 bits per heavy atom. The molecule has 0 aliphatic heterocycles. The number of aromatic nitrogens is 2. The summed E-state index contributed by atoms with van der Waals surface area (Å²) < 4.78 is 14.6. The number of amides is 3. The summed E-state index contributed by atoms with van der Waals surface area (Å²) in [5.74, 6) is -1.88. The lowest BCUT2D eigenvalue weighted by atomic mass is 10.0. The number of hydrogen-bond acceptors (Lipinski definition) is 6. The SMILES string of the molecule is CC(C)C(CO)NC(=O)c1c(O)c2ncc(Cc3ccc(F)cc3)cc2n(CCNC(=O)N(C)C)c1=O. The molecule has 3 amide bonds. The highest BCUT2D eigenvalue weighted by molar-refractivity contribution is 6.01. The first-order valence-corrected chi connectivity index (χ1v) is 11.9. The molecule has 0 spiro atoms. The number of hydrogen-bond donors (Lipinski definition) is 4. The summed E-state index contributed by atoms with van der Waals surface area (Å²) in [7, 11) is 3.16. The number of aromatic hydroxyl groups is 1. The Bertz CT molecular complexity index is 1340. The van der Waals surface area contributed by atoms with Crippen LogP contribution in [0.3, 0.4) is 0 Å². The van der Waals surface area contributed by atoms with Crippen molar-refractivity contribution in [1.29, 1.82) is 0 Å². The molecule has 0 fully saturated rings. The Balaban J connectivity index is 2.08. The van der Waals surface area contributed by atoms with Crippen molar-refractivity contribution in [3.8, 4) is 5.75 Å². The highest BCUT2D eigenvalue weighted by Gasteiger charge is 2.26. The van der Waals surface area contributed by atoms with Crippen molar-refractivity contribution in [3.05, 3.63) is 69.4 Å². The van der Waals surface area contributed by atoms with E-state index in [9.17, 15) is 29.0 Å². The molecule has 0 aliphatic rings. The minimum Gasteiger partial charge on any atom is -0.505 e. The minimum atomic E-state index is -0.833. The molecule has 0 saturated heterocycles. The molecule has 0 radical (unpaired) electrons. The standard InChI is InChI=1S/C26H32FN5O5/c1-15(2)19(14-33)30-24(35)21-23(34)22-20(32(25(21)36)10-9-28-26(37)31(3)4)12-17(13-29-22)11-16-5-7-18(27)8-6-16/h5-8,12-13,15,19,33-34H,9-11,14H2,1-4H3,(H,28,37)(H,30,35). The Morgan fingerprint density at radius 1 is 1.16 bits per heavy atom. The maximum atomic E-state index is 13.5. The van der Waals surface area contributed by atoms with Gasteiger partial charge in [0, 0.05) is 33.4 Å². The summed E-state index contributed by atoms with van der Waals surface area (Å²) in [5.41, 5.74) is 0.573. The molecule has 198 valence electrons. The number of aliphatic hydroxyl groups is 1. The van der Waals surface area contributed by atoms with Crippen LogP contribution in [-0.4, -0.2) is 69.9 Å². The van der Waals surface area contributed by atoms with Gasteiger partial charge in [-0.15, -0.1) is 0 Å². The fraction of sp³-hybridized carbons (Fsp3) is 0.385. The van der Waals surface area contributed by atoms with E-state index >= 15 is 0 Å². The van der Waals surface area contributed by atoms with Crippen LogP contribution in [0.15, 0.2) is 41.3 Å². The zero-order valence-electron chi connectivity index (χ0n) is 21.3. The number of aliphatic hydroxyl groups excluding tert-OH is 1. The largest absolute Gasteiger partial charge is 0.505 e. The minimum absolute atomic E-state index is 0.00473. The average Bonchev–Trinajstić information content (AvgIpc) is 2.85. The van der Waals surface area contributed by atoms with Gasteiger partial charge in [0.1, 0.15) is 16.9 Å². The highest BCUT2D eigenvalue weighted by Crippen LogP contribution is 2.26. The van der Waals surface area contributed by atoms with E-state index in [-0.39, 0.29) is 48.5 Å². The van der Waals surface area contributed by atoms with Crippen LogP contribution in [0.1, 0.15) is 35.3 Å². The highest BCUT2D eigenvalue weighted by atomic mass is 19.1. The molecule has 3 aromatic rings. The third-order valence-electron chi connectivity index (χ3n) is 6.02. The van der Waals surface area contributed by atoms with Gasteiger partial charge < -0.3 is 30.3 Å². The average molecular weight is 514 g/mol. The number of carbonyl (C=O) groups excluding carboxylic acids is 2. The van der Waals surface area contributed by atoms with Gasteiger partial charge >= 0.3 is 6.03 Å². The van der Waals surface area contributed by atoms with E-state index in [1.165, 1.54) is 27.8 Å². The lowest BCUT2D eigenvalue weighted by Crippen LogP contribution is -2.44. The van der Waals surface area contributed by atoms with E-state index < -0.39 is 28.8 Å². The van der Waals surface area contributed by atoms with Crippen LogP contribution in [0.5, 0.6) is 5.75 Å². The fourth-order valence-corrected chi connectivity index (χ4v) is 3.80. The molecular formula is C26H32FN5O5. The van der Waals surface area contributed by atoms with Crippen molar-refractivity contribution < 1.29 is 24.2 Å². The first-order valence-electron chi connectivity index (χ1n) is 11.9. The molecule has 2 heterocycles. The molecule has 4 N–H and O–H groups in total. The van der Waals surface area contributed by atoms with E-state index in [1.54, 1.807) is 46.1 Å². The van der Waals surface area contributed by atoms with E-state index in [1.807, 2.05) is 0 Å². The lowest BCUT2D eigenvalue weighted by Gasteiger charge is -2.21. The quantitative estimate of drug-likeness (QED) is 0.345. The van der Waals surface area contributed by atoms with Crippen molar-refractivity contribution >= 4 is 23.0 Å². The third kappa shape index (κ3) is 6.42. The number of urea groups is 1. The van der Waals surface area contributed by atoms with Crippen LogP contribution >= 0.6 is 0 Å². The molecule has 0 saturated carbocycles. The first kappa shape index (κ1) is 27.6. The lowest BCUT2D eigenvalue weighted by molar-refractivity contribution is 0.0892. The maximum absolute atomic E-state index is 13.5. The van der Waals surface area contributed by atoms with Crippen LogP contribution < -0.4 is 16.2 Å². The molecule has 10 nitrogen and oxygen atoms in total. The zero-order chi connectivity index (χ0) is 27.3. The Morgan fingerprint density at radius 2 is 1.84 bits per heavy atom. The summed E-state index contributed by atoms with van der Waals surface area (Å²) in [6.07, 6.45) is 1.91. The fourth-order valence-electron chi connectivity index (χ4n) is 3.80. The van der Waals surface area contributed by atoms with Crippen molar-refractivity contribution in [2.24, 2.45) is 5.92 Å². The zero-order valence-corrected chi connectivity index (χ0v) is 21.3. The molecule has 0 aliphatic carbocycles. The number of halogens is 1. The second-order valence-electron chi connectivity index (χ2n) is 9.33. The smallest absolute Gasteiger partial charge is 0.316 e. The van der Waals surface area contributed by atoms with E-state index in [2.05, 4.69) is 15.6 Å². The van der Waals surface area contributed by atoms with E-state index in [0.29, 0.717) is 12.0 Å². The third-order valence-corrected chi connectivity index (χ3v) is 6.02. The molecule has 1 unspecified atom stereocenters. The summed E-state index contributed by atoms with van der Waals surface area (Å²) >= 11 is 0. The van der Waals surface area contributed by atoms with Crippen LogP contribution in [0.2, 0.25) is 0 Å². The van der Waals surface area contributed by atoms with Gasteiger partial charge in [-0.05, 0) is 41.7 Å². The number of fused-ring (bicyclic) bond motifs is 1. The molecule has 0 bridgehead atoms. The molecule has 1 atom stereocenters. The Labute approximate surface area is 213 Å². The monoisotopic (exact) mass is 513 g/mol. The van der Waals surface area contributed by atoms with Gasteiger partial charge in [-0.25, -0.2) is 9.18 Å². The number of pyridine rings is 2. The van der Waals surface area contributed by atoms with Gasteiger partial charge in [0.05, 0.1) is 18.2 Å². The second-order valence-corrected chi connectivity index (χ2v) is 9.33. The van der Waals surface area contributed by atoms with Gasteiger partial charge in [0.25, 0.3) is 11.5 Å². The van der Waals surface area contributed by atoms with E-state index in [0.717, 1.165) is 5.56 Å². The van der Waals surface area contributed by atoms with Gasteiger partial charge in [0.15, 0.2) is 5.75 Å². The van der Waals surface area contributed by atoms with Crippen LogP contribution in [0, 0.1) is 11.7 Å². The Kier molecular flexibility index (Phi) is 8.82. The van der Waals surface area contributed by atoms with Crippen molar-refractivity contribution in [3.63, 3.8) is 0 Å². The predicted octanol–water partition coefficient (Wildman–Crippen LogP) is 1.85. The summed E-state index contributed by atoms with van der Waals surface area (Å²) in [6, 6.07) is 6.67. The van der Waals surface area contributed by atoms with Crippen LogP contribution in [-0.2, 0) is 13.0 Å². The number of nitrogens with zero attached hydrogens (tertiary/aromatic N) is 3. The van der Waals surface area contributed by atoms with Gasteiger partial charge in [-0.2, -0.15) is 0 Å². The normalized spacial score (nSPS) is 12.0. The summed E-state index contributed by atoms with van der Waals surface area (Å²) in [4.78, 5) is 44.2. The van der Waals surface area contributed by atoms with Crippen molar-refractivity contribution in [1.82, 2.24) is 25.1 Å². The number of benzene rings is 1. The predicted molar refractivity (Wildman–Crippen MR) is 137 cm³/mol. The van der Waals surface area contributed by atoms with Crippen LogP contribution in [0.25, 0.3) is 11.0 Å². The summed E-state index contributed by atoms with van der Waals surface area (Å²) in [5, 5.41) is 25.8.